The van der Waals surface area contributed by atoms with Crippen LogP contribution >= 0.6 is 0 Å². The van der Waals surface area contributed by atoms with E-state index >= 15 is 0 Å². The fraction of sp³-hybridized carbons (Fsp3) is 1.00. The third kappa shape index (κ3) is 1.67. The molecule has 70 valence electrons. The van der Waals surface area contributed by atoms with Gasteiger partial charge in [-0.25, -0.2) is 0 Å². The maximum atomic E-state index is 2.44. The van der Waals surface area contributed by atoms with Crippen LogP contribution in [0.15, 0.2) is 0 Å². The quantitative estimate of drug-likeness (QED) is 0.512. The summed E-state index contributed by atoms with van der Waals surface area (Å²) in [6.07, 6.45) is 9.17. The molecule has 0 amide bonds. The highest BCUT2D eigenvalue weighted by molar-refractivity contribution is 4.83. The summed E-state index contributed by atoms with van der Waals surface area (Å²) in [5.74, 6) is 4.28. The standard InChI is InChI=1S/C12H22/c1-9-3-5-11-6-4-10(2)8-12(11)7-9/h9-12H,3-8H2,1-2H3/t9-,10-,11?,12?/m0/s1. The Kier molecular flexibility index (Phi) is 2.43. The molecular formula is C12H22. The molecule has 0 aromatic rings. The molecule has 0 aromatic heterocycles. The van der Waals surface area contributed by atoms with Crippen molar-refractivity contribution in [2.24, 2.45) is 23.7 Å². The lowest BCUT2D eigenvalue weighted by atomic mass is 9.65. The van der Waals surface area contributed by atoms with E-state index in [-0.39, 0.29) is 0 Å². The summed E-state index contributed by atoms with van der Waals surface area (Å²) in [7, 11) is 0. The van der Waals surface area contributed by atoms with Gasteiger partial charge in [-0.3, -0.25) is 0 Å². The van der Waals surface area contributed by atoms with E-state index in [9.17, 15) is 0 Å². The zero-order chi connectivity index (χ0) is 8.55. The van der Waals surface area contributed by atoms with Crippen molar-refractivity contribution in [3.63, 3.8) is 0 Å². The molecule has 0 saturated heterocycles. The van der Waals surface area contributed by atoms with Crippen LogP contribution in [0.5, 0.6) is 0 Å². The van der Waals surface area contributed by atoms with Gasteiger partial charge < -0.3 is 0 Å². The molecule has 2 saturated carbocycles. The van der Waals surface area contributed by atoms with Crippen molar-refractivity contribution in [2.75, 3.05) is 0 Å². The van der Waals surface area contributed by atoms with Crippen molar-refractivity contribution in [3.8, 4) is 0 Å². The normalized spacial score (nSPS) is 48.5. The highest BCUT2D eigenvalue weighted by atomic mass is 14.4. The van der Waals surface area contributed by atoms with Crippen LogP contribution in [0.3, 0.4) is 0 Å². The summed E-state index contributed by atoms with van der Waals surface area (Å²) in [5.41, 5.74) is 0. The average Bonchev–Trinajstić information content (AvgIpc) is 2.03. The third-order valence-corrected chi connectivity index (χ3v) is 4.14. The molecule has 2 atom stereocenters. The number of rotatable bonds is 0. The van der Waals surface area contributed by atoms with Crippen molar-refractivity contribution in [1.29, 1.82) is 0 Å². The SMILES string of the molecule is C[C@H]1CCC2CC[C@H](C)CC2C1. The second-order valence-electron chi connectivity index (χ2n) is 5.36. The number of hydrogen-bond acceptors (Lipinski definition) is 0. The molecule has 2 aliphatic carbocycles. The lowest BCUT2D eigenvalue weighted by Crippen LogP contribution is -2.29. The van der Waals surface area contributed by atoms with Gasteiger partial charge in [-0.05, 0) is 49.4 Å². The molecule has 2 rings (SSSR count). The molecule has 0 aromatic carbocycles. The Morgan fingerprint density at radius 3 is 1.67 bits per heavy atom. The van der Waals surface area contributed by atoms with E-state index in [0.717, 1.165) is 23.7 Å². The molecule has 0 spiro atoms. The Balaban J connectivity index is 1.94. The first-order valence-electron chi connectivity index (χ1n) is 5.75. The van der Waals surface area contributed by atoms with Crippen molar-refractivity contribution in [2.45, 2.75) is 52.4 Å². The number of hydrogen-bond donors (Lipinski definition) is 0. The van der Waals surface area contributed by atoms with Crippen LogP contribution in [0, 0.1) is 23.7 Å². The van der Waals surface area contributed by atoms with Gasteiger partial charge in [-0.2, -0.15) is 0 Å². The van der Waals surface area contributed by atoms with Gasteiger partial charge in [-0.1, -0.05) is 26.7 Å². The maximum Gasteiger partial charge on any atom is -0.0381 e. The Morgan fingerprint density at radius 1 is 0.667 bits per heavy atom. The van der Waals surface area contributed by atoms with E-state index in [1.165, 1.54) is 25.7 Å². The van der Waals surface area contributed by atoms with Gasteiger partial charge in [0.05, 0.1) is 0 Å². The summed E-state index contributed by atoms with van der Waals surface area (Å²) in [4.78, 5) is 0. The molecule has 0 bridgehead atoms. The summed E-state index contributed by atoms with van der Waals surface area (Å²) in [5, 5.41) is 0. The van der Waals surface area contributed by atoms with E-state index in [1.807, 2.05) is 0 Å². The maximum absolute atomic E-state index is 2.44. The van der Waals surface area contributed by atoms with E-state index in [4.69, 9.17) is 0 Å². The molecule has 2 aliphatic rings. The minimum Gasteiger partial charge on any atom is -0.0625 e. The first kappa shape index (κ1) is 8.59. The van der Waals surface area contributed by atoms with Gasteiger partial charge in [0.2, 0.25) is 0 Å². The molecule has 0 unspecified atom stereocenters. The Morgan fingerprint density at radius 2 is 1.17 bits per heavy atom. The fourth-order valence-electron chi connectivity index (χ4n) is 3.36. The van der Waals surface area contributed by atoms with Gasteiger partial charge in [0.1, 0.15) is 0 Å². The van der Waals surface area contributed by atoms with Crippen LogP contribution in [-0.2, 0) is 0 Å². The first-order chi connectivity index (χ1) is 5.75. The summed E-state index contributed by atoms with van der Waals surface area (Å²) < 4.78 is 0. The minimum atomic E-state index is 1.02. The fourth-order valence-corrected chi connectivity index (χ4v) is 3.36. The topological polar surface area (TPSA) is 0 Å². The highest BCUT2D eigenvalue weighted by Gasteiger charge is 2.32. The molecule has 12 heavy (non-hydrogen) atoms. The predicted molar refractivity (Wildman–Crippen MR) is 53.0 cm³/mol. The van der Waals surface area contributed by atoms with Crippen molar-refractivity contribution >= 4 is 0 Å². The first-order valence-corrected chi connectivity index (χ1v) is 5.75. The summed E-state index contributed by atoms with van der Waals surface area (Å²) >= 11 is 0. The second kappa shape index (κ2) is 3.40. The van der Waals surface area contributed by atoms with Gasteiger partial charge in [0.15, 0.2) is 0 Å². The van der Waals surface area contributed by atoms with Gasteiger partial charge in [0.25, 0.3) is 0 Å². The summed E-state index contributed by atoms with van der Waals surface area (Å²) in [6.45, 7) is 4.88. The Hall–Kier alpha value is 0. The monoisotopic (exact) mass is 166 g/mol. The van der Waals surface area contributed by atoms with Gasteiger partial charge >= 0.3 is 0 Å². The smallest absolute Gasteiger partial charge is 0.0381 e. The lowest BCUT2D eigenvalue weighted by Gasteiger charge is -2.40. The zero-order valence-electron chi connectivity index (χ0n) is 8.55. The van der Waals surface area contributed by atoms with Crippen molar-refractivity contribution in [3.05, 3.63) is 0 Å². The molecule has 0 aliphatic heterocycles. The van der Waals surface area contributed by atoms with Crippen LogP contribution in [0.4, 0.5) is 0 Å². The largest absolute Gasteiger partial charge is 0.0625 e. The van der Waals surface area contributed by atoms with Crippen LogP contribution in [-0.4, -0.2) is 0 Å². The molecule has 0 heteroatoms. The van der Waals surface area contributed by atoms with Crippen LogP contribution < -0.4 is 0 Å². The molecule has 2 fully saturated rings. The van der Waals surface area contributed by atoms with Crippen LogP contribution in [0.1, 0.15) is 52.4 Å². The van der Waals surface area contributed by atoms with Gasteiger partial charge in [0, 0.05) is 0 Å². The molecular weight excluding hydrogens is 144 g/mol. The van der Waals surface area contributed by atoms with E-state index in [1.54, 1.807) is 12.8 Å². The molecule has 0 N–H and O–H groups in total. The molecule has 0 heterocycles. The van der Waals surface area contributed by atoms with Crippen LogP contribution in [0.25, 0.3) is 0 Å². The molecule has 0 nitrogen and oxygen atoms in total. The predicted octanol–water partition coefficient (Wildman–Crippen LogP) is 3.86. The van der Waals surface area contributed by atoms with Crippen molar-refractivity contribution < 1.29 is 0 Å². The Labute approximate surface area is 76.7 Å². The third-order valence-electron chi connectivity index (χ3n) is 4.14. The summed E-state index contributed by atoms with van der Waals surface area (Å²) in [6, 6.07) is 0. The van der Waals surface area contributed by atoms with E-state index in [2.05, 4.69) is 13.8 Å². The zero-order valence-corrected chi connectivity index (χ0v) is 8.55. The van der Waals surface area contributed by atoms with Crippen LogP contribution in [0.2, 0.25) is 0 Å². The average molecular weight is 166 g/mol. The molecule has 0 radical (unpaired) electrons. The highest BCUT2D eigenvalue weighted by Crippen LogP contribution is 2.44. The Bertz CT molecular complexity index is 134. The lowest BCUT2D eigenvalue weighted by molar-refractivity contribution is 0.109. The van der Waals surface area contributed by atoms with Gasteiger partial charge in [-0.15, -0.1) is 0 Å². The number of fused-ring (bicyclic) bond motifs is 1. The van der Waals surface area contributed by atoms with Crippen molar-refractivity contribution in [1.82, 2.24) is 0 Å². The second-order valence-corrected chi connectivity index (χ2v) is 5.36. The minimum absolute atomic E-state index is 1.02. The van der Waals surface area contributed by atoms with E-state index < -0.39 is 0 Å². The van der Waals surface area contributed by atoms with E-state index in [0.29, 0.717) is 0 Å².